The SMILES string of the molecule is COc1cc(C=O)cc(C(=O)c2ccc(C(N)=O)c(Cl)c2)c1OC. The number of hydrogen-bond donors (Lipinski definition) is 1. The lowest BCUT2D eigenvalue weighted by molar-refractivity contribution is 0.0996. The Bertz CT molecular complexity index is 832. The van der Waals surface area contributed by atoms with E-state index in [2.05, 4.69) is 0 Å². The Morgan fingerprint density at radius 3 is 2.29 bits per heavy atom. The van der Waals surface area contributed by atoms with Crippen LogP contribution in [0.1, 0.15) is 36.6 Å². The van der Waals surface area contributed by atoms with Gasteiger partial charge in [0, 0.05) is 11.1 Å². The molecule has 24 heavy (non-hydrogen) atoms. The molecule has 7 heteroatoms. The van der Waals surface area contributed by atoms with Gasteiger partial charge in [-0.2, -0.15) is 0 Å². The maximum Gasteiger partial charge on any atom is 0.250 e. The molecule has 0 fully saturated rings. The monoisotopic (exact) mass is 347 g/mol. The molecular weight excluding hydrogens is 334 g/mol. The van der Waals surface area contributed by atoms with E-state index in [1.54, 1.807) is 0 Å². The maximum absolute atomic E-state index is 12.8. The first-order chi connectivity index (χ1) is 11.4. The predicted molar refractivity (Wildman–Crippen MR) is 88.3 cm³/mol. The third-order valence-electron chi connectivity index (χ3n) is 3.38. The van der Waals surface area contributed by atoms with Crippen molar-refractivity contribution in [2.75, 3.05) is 14.2 Å². The molecule has 0 aromatic heterocycles. The number of primary amides is 1. The maximum atomic E-state index is 12.8. The molecule has 0 spiro atoms. The molecule has 0 aliphatic heterocycles. The summed E-state index contributed by atoms with van der Waals surface area (Å²) in [4.78, 5) is 35.1. The Morgan fingerprint density at radius 2 is 1.79 bits per heavy atom. The quantitative estimate of drug-likeness (QED) is 0.639. The largest absolute Gasteiger partial charge is 0.493 e. The van der Waals surface area contributed by atoms with Gasteiger partial charge in [0.05, 0.1) is 30.4 Å². The number of carbonyl (C=O) groups excluding carboxylic acids is 3. The summed E-state index contributed by atoms with van der Waals surface area (Å²) >= 11 is 5.98. The molecular formula is C17H14ClNO5. The Labute approximate surface area is 143 Å². The van der Waals surface area contributed by atoms with E-state index in [1.165, 1.54) is 44.6 Å². The van der Waals surface area contributed by atoms with Crippen molar-refractivity contribution < 1.29 is 23.9 Å². The van der Waals surface area contributed by atoms with Crippen molar-refractivity contribution in [3.8, 4) is 11.5 Å². The lowest BCUT2D eigenvalue weighted by Gasteiger charge is -2.13. The minimum Gasteiger partial charge on any atom is -0.493 e. The first-order valence-electron chi connectivity index (χ1n) is 6.78. The van der Waals surface area contributed by atoms with Crippen molar-refractivity contribution in [2.45, 2.75) is 0 Å². The average molecular weight is 348 g/mol. The van der Waals surface area contributed by atoms with Crippen molar-refractivity contribution in [1.29, 1.82) is 0 Å². The van der Waals surface area contributed by atoms with Crippen molar-refractivity contribution in [1.82, 2.24) is 0 Å². The molecule has 0 saturated heterocycles. The highest BCUT2D eigenvalue weighted by Gasteiger charge is 2.21. The number of nitrogens with two attached hydrogens (primary N) is 1. The van der Waals surface area contributed by atoms with Crippen LogP contribution < -0.4 is 15.2 Å². The summed E-state index contributed by atoms with van der Waals surface area (Å²) in [6.07, 6.45) is 0.599. The van der Waals surface area contributed by atoms with Gasteiger partial charge in [-0.1, -0.05) is 17.7 Å². The minimum absolute atomic E-state index is 0.0609. The Morgan fingerprint density at radius 1 is 1.08 bits per heavy atom. The molecule has 0 aliphatic rings. The van der Waals surface area contributed by atoms with Gasteiger partial charge >= 0.3 is 0 Å². The van der Waals surface area contributed by atoms with Gasteiger partial charge in [0.15, 0.2) is 17.3 Å². The third kappa shape index (κ3) is 3.23. The fourth-order valence-electron chi connectivity index (χ4n) is 2.23. The second-order valence-electron chi connectivity index (χ2n) is 4.81. The number of benzene rings is 2. The van der Waals surface area contributed by atoms with Crippen LogP contribution in [-0.4, -0.2) is 32.2 Å². The summed E-state index contributed by atoms with van der Waals surface area (Å²) in [5.74, 6) is -0.679. The number of amides is 1. The van der Waals surface area contributed by atoms with Crippen LogP contribution in [0.25, 0.3) is 0 Å². The second-order valence-corrected chi connectivity index (χ2v) is 5.22. The van der Waals surface area contributed by atoms with E-state index >= 15 is 0 Å². The molecule has 1 amide bonds. The van der Waals surface area contributed by atoms with E-state index in [1.807, 2.05) is 0 Å². The summed E-state index contributed by atoms with van der Waals surface area (Å²) in [5.41, 5.74) is 5.92. The number of rotatable bonds is 6. The van der Waals surface area contributed by atoms with Crippen LogP contribution in [-0.2, 0) is 0 Å². The molecule has 0 atom stereocenters. The Hall–Kier alpha value is -2.86. The zero-order valence-corrected chi connectivity index (χ0v) is 13.7. The molecule has 2 aromatic carbocycles. The summed E-state index contributed by atoms with van der Waals surface area (Å²) in [6.45, 7) is 0. The van der Waals surface area contributed by atoms with E-state index in [-0.39, 0.29) is 38.8 Å². The highest BCUT2D eigenvalue weighted by molar-refractivity contribution is 6.34. The molecule has 0 aliphatic carbocycles. The van der Waals surface area contributed by atoms with Crippen LogP contribution in [0.5, 0.6) is 11.5 Å². The number of hydrogen-bond acceptors (Lipinski definition) is 5. The molecule has 2 N–H and O–H groups in total. The van der Waals surface area contributed by atoms with Crippen LogP contribution >= 0.6 is 11.6 Å². The zero-order valence-electron chi connectivity index (χ0n) is 13.0. The van der Waals surface area contributed by atoms with E-state index in [4.69, 9.17) is 26.8 Å². The highest BCUT2D eigenvalue weighted by Crippen LogP contribution is 2.34. The predicted octanol–water partition coefficient (Wildman–Crippen LogP) is 2.50. The number of ketones is 1. The van der Waals surface area contributed by atoms with Gasteiger partial charge in [-0.15, -0.1) is 0 Å². The molecule has 0 unspecified atom stereocenters. The zero-order chi connectivity index (χ0) is 17.9. The van der Waals surface area contributed by atoms with E-state index < -0.39 is 11.7 Å². The van der Waals surface area contributed by atoms with Crippen LogP contribution in [0.4, 0.5) is 0 Å². The van der Waals surface area contributed by atoms with Gasteiger partial charge < -0.3 is 15.2 Å². The van der Waals surface area contributed by atoms with Gasteiger partial charge in [-0.25, -0.2) is 0 Å². The molecule has 0 heterocycles. The van der Waals surface area contributed by atoms with E-state index in [0.29, 0.717) is 6.29 Å². The first kappa shape index (κ1) is 17.5. The van der Waals surface area contributed by atoms with Gasteiger partial charge in [-0.3, -0.25) is 14.4 Å². The normalized spacial score (nSPS) is 10.1. The average Bonchev–Trinajstić information content (AvgIpc) is 2.59. The van der Waals surface area contributed by atoms with Crippen molar-refractivity contribution in [3.63, 3.8) is 0 Å². The fraction of sp³-hybridized carbons (Fsp3) is 0.118. The summed E-state index contributed by atoms with van der Waals surface area (Å²) < 4.78 is 10.4. The minimum atomic E-state index is -0.693. The fourth-order valence-corrected chi connectivity index (χ4v) is 2.51. The van der Waals surface area contributed by atoms with Crippen LogP contribution in [0.15, 0.2) is 30.3 Å². The number of carbonyl (C=O) groups is 3. The van der Waals surface area contributed by atoms with Crippen molar-refractivity contribution >= 4 is 29.6 Å². The van der Waals surface area contributed by atoms with Gasteiger partial charge in [0.1, 0.15) is 6.29 Å². The summed E-state index contributed by atoms with van der Waals surface area (Å²) in [7, 11) is 2.79. The number of methoxy groups -OCH3 is 2. The standard InChI is InChI=1S/C17H14ClNO5/c1-23-14-6-9(8-20)5-12(16(14)24-2)15(21)10-3-4-11(17(19)22)13(18)7-10/h3-8H,1-2H3,(H2,19,22). The van der Waals surface area contributed by atoms with Crippen molar-refractivity contribution in [3.05, 3.63) is 57.6 Å². The molecule has 0 radical (unpaired) electrons. The van der Waals surface area contributed by atoms with Gasteiger partial charge in [-0.05, 0) is 24.3 Å². The summed E-state index contributed by atoms with van der Waals surface area (Å²) in [6, 6.07) is 6.99. The lowest BCUT2D eigenvalue weighted by Crippen LogP contribution is -2.12. The molecule has 0 bridgehead atoms. The smallest absolute Gasteiger partial charge is 0.250 e. The molecule has 124 valence electrons. The first-order valence-corrected chi connectivity index (χ1v) is 7.16. The third-order valence-corrected chi connectivity index (χ3v) is 3.69. The topological polar surface area (TPSA) is 95.7 Å². The highest BCUT2D eigenvalue weighted by atomic mass is 35.5. The molecule has 6 nitrogen and oxygen atoms in total. The lowest BCUT2D eigenvalue weighted by atomic mass is 9.98. The van der Waals surface area contributed by atoms with Crippen LogP contribution in [0.2, 0.25) is 5.02 Å². The number of ether oxygens (including phenoxy) is 2. The molecule has 0 saturated carbocycles. The molecule has 2 aromatic rings. The van der Waals surface area contributed by atoms with Gasteiger partial charge in [0.2, 0.25) is 5.91 Å². The van der Waals surface area contributed by atoms with E-state index in [9.17, 15) is 14.4 Å². The van der Waals surface area contributed by atoms with Gasteiger partial charge in [0.25, 0.3) is 0 Å². The number of aldehydes is 1. The van der Waals surface area contributed by atoms with Crippen molar-refractivity contribution in [2.24, 2.45) is 5.73 Å². The van der Waals surface area contributed by atoms with E-state index in [0.717, 1.165) is 0 Å². The Kier molecular flexibility index (Phi) is 5.21. The van der Waals surface area contributed by atoms with Crippen LogP contribution in [0, 0.1) is 0 Å². The molecule has 2 rings (SSSR count). The second kappa shape index (κ2) is 7.14. The Balaban J connectivity index is 2.59. The number of halogens is 1. The van der Waals surface area contributed by atoms with Crippen LogP contribution in [0.3, 0.4) is 0 Å². The summed E-state index contributed by atoms with van der Waals surface area (Å²) in [5, 5.41) is 0.0609.